The summed E-state index contributed by atoms with van der Waals surface area (Å²) in [7, 11) is 0. The zero-order valence-electron chi connectivity index (χ0n) is 10.3. The van der Waals surface area contributed by atoms with E-state index < -0.39 is 0 Å². The third-order valence-corrected chi connectivity index (χ3v) is 4.07. The Morgan fingerprint density at radius 2 is 2.06 bits per heavy atom. The van der Waals surface area contributed by atoms with E-state index in [9.17, 15) is 0 Å². The van der Waals surface area contributed by atoms with Crippen LogP contribution in [0.4, 0.5) is 0 Å². The zero-order valence-corrected chi connectivity index (χ0v) is 13.6. The lowest BCUT2D eigenvalue weighted by atomic mass is 9.82. The summed E-state index contributed by atoms with van der Waals surface area (Å²) in [6.07, 6.45) is 0. The molecule has 1 atom stereocenters. The molecule has 0 bridgehead atoms. The summed E-state index contributed by atoms with van der Waals surface area (Å²) in [5.41, 5.74) is 0.195. The van der Waals surface area contributed by atoms with Gasteiger partial charge in [0.2, 0.25) is 0 Å². The monoisotopic (exact) mass is 336 g/mol. The molecule has 1 aromatic carbocycles. The molecule has 17 heavy (non-hydrogen) atoms. The third-order valence-electron chi connectivity index (χ3n) is 2.78. The van der Waals surface area contributed by atoms with Gasteiger partial charge in [-0.3, -0.25) is 0 Å². The number of ether oxygens (including phenoxy) is 1. The van der Waals surface area contributed by atoms with E-state index in [0.717, 1.165) is 16.0 Å². The molecule has 0 saturated heterocycles. The summed E-state index contributed by atoms with van der Waals surface area (Å²) in [6.45, 7) is 7.27. The highest BCUT2D eigenvalue weighted by Crippen LogP contribution is 2.31. The Morgan fingerprint density at radius 3 is 2.53 bits per heavy atom. The Labute approximate surface area is 122 Å². The number of benzene rings is 1. The van der Waals surface area contributed by atoms with Crippen LogP contribution >= 0.6 is 40.2 Å². The van der Waals surface area contributed by atoms with Gasteiger partial charge in [-0.15, -0.1) is 0 Å². The Hall–Kier alpha value is 0.140. The fourth-order valence-electron chi connectivity index (χ4n) is 1.36. The molecule has 0 aliphatic heterocycles. The molecule has 1 nitrogen and oxygen atoms in total. The third kappa shape index (κ3) is 4.72. The molecular formula is C13H18BrClOS. The largest absolute Gasteiger partial charge is 0.492 e. The van der Waals surface area contributed by atoms with E-state index in [4.69, 9.17) is 16.3 Å². The maximum Gasteiger partial charge on any atom is 0.133 e. The lowest BCUT2D eigenvalue weighted by Gasteiger charge is -2.29. The molecule has 1 unspecified atom stereocenters. The summed E-state index contributed by atoms with van der Waals surface area (Å²) in [5, 5.41) is 0.700. The van der Waals surface area contributed by atoms with Crippen LogP contribution in [0.1, 0.15) is 20.8 Å². The topological polar surface area (TPSA) is 9.23 Å². The van der Waals surface area contributed by atoms with Crippen LogP contribution in [0.5, 0.6) is 5.75 Å². The van der Waals surface area contributed by atoms with Crippen LogP contribution in [0.2, 0.25) is 5.02 Å². The van der Waals surface area contributed by atoms with Crippen LogP contribution in [0, 0.1) is 11.3 Å². The van der Waals surface area contributed by atoms with Crippen LogP contribution in [0.15, 0.2) is 22.7 Å². The smallest absolute Gasteiger partial charge is 0.133 e. The van der Waals surface area contributed by atoms with Crippen molar-refractivity contribution in [3.63, 3.8) is 0 Å². The molecular weight excluding hydrogens is 320 g/mol. The fraction of sp³-hybridized carbons (Fsp3) is 0.538. The number of rotatable bonds is 4. The van der Waals surface area contributed by atoms with Crippen LogP contribution in [0.3, 0.4) is 0 Å². The van der Waals surface area contributed by atoms with E-state index in [1.807, 2.05) is 18.2 Å². The molecule has 4 heteroatoms. The average molecular weight is 338 g/mol. The van der Waals surface area contributed by atoms with Gasteiger partial charge in [0.1, 0.15) is 5.75 Å². The normalized spacial score (nSPS) is 13.5. The van der Waals surface area contributed by atoms with Gasteiger partial charge < -0.3 is 4.74 Å². The molecule has 0 heterocycles. The van der Waals surface area contributed by atoms with Crippen LogP contribution in [0.25, 0.3) is 0 Å². The fourth-order valence-corrected chi connectivity index (χ4v) is 2.81. The maximum atomic E-state index is 5.88. The van der Waals surface area contributed by atoms with E-state index in [0.29, 0.717) is 17.5 Å². The highest BCUT2D eigenvalue weighted by Gasteiger charge is 2.24. The highest BCUT2D eigenvalue weighted by atomic mass is 79.9. The van der Waals surface area contributed by atoms with Gasteiger partial charge in [-0.05, 0) is 45.3 Å². The standard InChI is InChI=1S/C13H18BrClOS/c1-13(2,3)9(8-17)7-16-12-5-4-10(15)6-11(12)14/h4-6,9,17H,7-8H2,1-3H3. The van der Waals surface area contributed by atoms with Crippen LogP contribution in [-0.2, 0) is 0 Å². The molecule has 1 aromatic rings. The minimum atomic E-state index is 0.195. The summed E-state index contributed by atoms with van der Waals surface area (Å²) >= 11 is 13.7. The van der Waals surface area contributed by atoms with Crippen molar-refractivity contribution in [2.45, 2.75) is 20.8 Å². The summed E-state index contributed by atoms with van der Waals surface area (Å²) in [5.74, 6) is 2.05. The second kappa shape index (κ2) is 6.35. The second-order valence-corrected chi connectivity index (χ2v) is 6.79. The van der Waals surface area contributed by atoms with Crippen molar-refractivity contribution < 1.29 is 4.74 Å². The van der Waals surface area contributed by atoms with Gasteiger partial charge in [0, 0.05) is 10.9 Å². The average Bonchev–Trinajstić information content (AvgIpc) is 2.19. The van der Waals surface area contributed by atoms with Gasteiger partial charge in [0.25, 0.3) is 0 Å². The van der Waals surface area contributed by atoms with E-state index in [1.54, 1.807) is 0 Å². The molecule has 0 aromatic heterocycles. The molecule has 0 radical (unpaired) electrons. The Kier molecular flexibility index (Phi) is 5.68. The van der Waals surface area contributed by atoms with Gasteiger partial charge in [-0.2, -0.15) is 12.6 Å². The van der Waals surface area contributed by atoms with Gasteiger partial charge >= 0.3 is 0 Å². The molecule has 0 fully saturated rings. The Bertz CT molecular complexity index is 376. The Morgan fingerprint density at radius 1 is 1.41 bits per heavy atom. The predicted octanol–water partition coefficient (Wildman–Crippen LogP) is 5.07. The van der Waals surface area contributed by atoms with Crippen molar-refractivity contribution >= 4 is 40.2 Å². The van der Waals surface area contributed by atoms with E-state index in [2.05, 4.69) is 49.3 Å². The van der Waals surface area contributed by atoms with E-state index >= 15 is 0 Å². The van der Waals surface area contributed by atoms with Crippen molar-refractivity contribution in [1.82, 2.24) is 0 Å². The first-order chi connectivity index (χ1) is 7.84. The summed E-state index contributed by atoms with van der Waals surface area (Å²) in [6, 6.07) is 5.54. The molecule has 0 aliphatic carbocycles. The van der Waals surface area contributed by atoms with Crippen molar-refractivity contribution in [2.75, 3.05) is 12.4 Å². The second-order valence-electron chi connectivity index (χ2n) is 5.13. The first kappa shape index (κ1) is 15.2. The summed E-state index contributed by atoms with van der Waals surface area (Å²) < 4.78 is 6.70. The van der Waals surface area contributed by atoms with Crippen molar-refractivity contribution in [2.24, 2.45) is 11.3 Å². The minimum Gasteiger partial charge on any atom is -0.492 e. The maximum absolute atomic E-state index is 5.88. The van der Waals surface area contributed by atoms with E-state index in [-0.39, 0.29) is 5.41 Å². The van der Waals surface area contributed by atoms with Crippen molar-refractivity contribution in [1.29, 1.82) is 0 Å². The predicted molar refractivity (Wildman–Crippen MR) is 81.4 cm³/mol. The Balaban J connectivity index is 2.66. The van der Waals surface area contributed by atoms with Gasteiger partial charge in [0.15, 0.2) is 0 Å². The molecule has 0 saturated carbocycles. The van der Waals surface area contributed by atoms with Crippen LogP contribution in [-0.4, -0.2) is 12.4 Å². The molecule has 0 spiro atoms. The van der Waals surface area contributed by atoms with Crippen molar-refractivity contribution in [3.8, 4) is 5.75 Å². The van der Waals surface area contributed by atoms with Gasteiger partial charge in [0.05, 0.1) is 11.1 Å². The molecule has 0 N–H and O–H groups in total. The minimum absolute atomic E-state index is 0.195. The number of halogens is 2. The first-order valence-electron chi connectivity index (χ1n) is 5.53. The quantitative estimate of drug-likeness (QED) is 0.754. The SMILES string of the molecule is CC(C)(C)C(CS)COc1ccc(Cl)cc1Br. The zero-order chi connectivity index (χ0) is 13.1. The first-order valence-corrected chi connectivity index (χ1v) is 7.33. The lowest BCUT2D eigenvalue weighted by molar-refractivity contribution is 0.164. The molecule has 0 aliphatic rings. The molecule has 0 amide bonds. The molecule has 96 valence electrons. The van der Waals surface area contributed by atoms with Crippen LogP contribution < -0.4 is 4.74 Å². The van der Waals surface area contributed by atoms with Gasteiger partial charge in [-0.25, -0.2) is 0 Å². The lowest BCUT2D eigenvalue weighted by Crippen LogP contribution is -2.28. The van der Waals surface area contributed by atoms with Gasteiger partial charge in [-0.1, -0.05) is 32.4 Å². The van der Waals surface area contributed by atoms with E-state index in [1.165, 1.54) is 0 Å². The number of hydrogen-bond acceptors (Lipinski definition) is 2. The highest BCUT2D eigenvalue weighted by molar-refractivity contribution is 9.10. The number of thiol groups is 1. The number of hydrogen-bond donors (Lipinski definition) is 1. The summed E-state index contributed by atoms with van der Waals surface area (Å²) in [4.78, 5) is 0. The molecule has 1 rings (SSSR count). The van der Waals surface area contributed by atoms with Crippen molar-refractivity contribution in [3.05, 3.63) is 27.7 Å².